The summed E-state index contributed by atoms with van der Waals surface area (Å²) in [5, 5.41) is 8.44. The van der Waals surface area contributed by atoms with Gasteiger partial charge >= 0.3 is 5.97 Å². The maximum Gasteiger partial charge on any atom is 0.315 e. The Kier molecular flexibility index (Phi) is 3.70. The number of aliphatic carboxylic acids is 1. The van der Waals surface area contributed by atoms with E-state index in [9.17, 15) is 9.59 Å². The lowest BCUT2D eigenvalue weighted by molar-refractivity contribution is -0.146. The summed E-state index contributed by atoms with van der Waals surface area (Å²) in [6.45, 7) is 1.24. The fraction of sp³-hybridized carbons (Fsp3) is 0.667. The van der Waals surface area contributed by atoms with Gasteiger partial charge in [-0.3, -0.25) is 9.59 Å². The summed E-state index contributed by atoms with van der Waals surface area (Å²) in [5.74, 6) is -2.90. The van der Waals surface area contributed by atoms with Crippen LogP contribution in [0.5, 0.6) is 0 Å². The van der Waals surface area contributed by atoms with E-state index in [1.807, 2.05) is 0 Å². The molecule has 11 heavy (non-hydrogen) atoms. The molecule has 5 N–H and O–H groups in total. The van der Waals surface area contributed by atoms with Gasteiger partial charge in [0.25, 0.3) is 0 Å². The number of carbonyl (C=O) groups excluding carboxylic acids is 1. The van der Waals surface area contributed by atoms with Crippen molar-refractivity contribution in [1.29, 1.82) is 0 Å². The largest absolute Gasteiger partial charge is 0.481 e. The topological polar surface area (TPSA) is 106 Å². The Balaban J connectivity index is 4.27. The van der Waals surface area contributed by atoms with E-state index in [2.05, 4.69) is 0 Å². The average molecular weight is 160 g/mol. The quantitative estimate of drug-likeness (QED) is 0.437. The first-order valence-corrected chi connectivity index (χ1v) is 3.23. The predicted molar refractivity (Wildman–Crippen MR) is 38.8 cm³/mol. The zero-order chi connectivity index (χ0) is 9.02. The molecule has 2 atom stereocenters. The Labute approximate surface area is 64.4 Å². The number of ketones is 1. The number of carboxylic acids is 1. The van der Waals surface area contributed by atoms with Crippen molar-refractivity contribution in [1.82, 2.24) is 0 Å². The van der Waals surface area contributed by atoms with Crippen LogP contribution in [0.1, 0.15) is 6.92 Å². The van der Waals surface area contributed by atoms with Crippen molar-refractivity contribution in [3.63, 3.8) is 0 Å². The SMILES string of the molecule is C[C@H](N)C(=O)C(CN)C(=O)O. The van der Waals surface area contributed by atoms with Crippen LogP contribution < -0.4 is 11.5 Å². The number of Topliss-reactive ketones (excluding diaryl/α,β-unsaturated/α-hetero) is 1. The summed E-state index contributed by atoms with van der Waals surface area (Å²) in [7, 11) is 0. The van der Waals surface area contributed by atoms with Crippen molar-refractivity contribution in [2.75, 3.05) is 6.54 Å². The third-order valence-electron chi connectivity index (χ3n) is 1.33. The molecule has 0 aliphatic carbocycles. The lowest BCUT2D eigenvalue weighted by Crippen LogP contribution is -2.40. The van der Waals surface area contributed by atoms with Crippen LogP contribution in [-0.4, -0.2) is 29.4 Å². The van der Waals surface area contributed by atoms with E-state index in [1.165, 1.54) is 6.92 Å². The monoisotopic (exact) mass is 160 g/mol. The number of hydrogen-bond donors (Lipinski definition) is 3. The van der Waals surface area contributed by atoms with E-state index in [1.54, 1.807) is 0 Å². The fourth-order valence-electron chi connectivity index (χ4n) is 0.656. The van der Waals surface area contributed by atoms with Crippen LogP contribution >= 0.6 is 0 Å². The Morgan fingerprint density at radius 1 is 1.55 bits per heavy atom. The van der Waals surface area contributed by atoms with Gasteiger partial charge in [0, 0.05) is 6.54 Å². The molecule has 5 nitrogen and oxygen atoms in total. The van der Waals surface area contributed by atoms with Crippen molar-refractivity contribution in [2.45, 2.75) is 13.0 Å². The molecule has 0 rings (SSSR count). The maximum atomic E-state index is 10.9. The molecular weight excluding hydrogens is 148 g/mol. The van der Waals surface area contributed by atoms with Gasteiger partial charge in [0.1, 0.15) is 5.92 Å². The maximum absolute atomic E-state index is 10.9. The highest BCUT2D eigenvalue weighted by Gasteiger charge is 2.26. The fourth-order valence-corrected chi connectivity index (χ4v) is 0.656. The standard InChI is InChI=1S/C6H12N2O3/c1-3(8)5(9)4(2-7)6(10)11/h3-4H,2,7-8H2,1H3,(H,10,11)/t3-,4?/m0/s1. The molecule has 0 radical (unpaired) electrons. The van der Waals surface area contributed by atoms with Crippen LogP contribution in [0.25, 0.3) is 0 Å². The summed E-state index contributed by atoms with van der Waals surface area (Å²) in [6, 6.07) is -0.764. The van der Waals surface area contributed by atoms with Crippen molar-refractivity contribution in [2.24, 2.45) is 17.4 Å². The molecule has 0 heterocycles. The first-order valence-electron chi connectivity index (χ1n) is 3.23. The minimum Gasteiger partial charge on any atom is -0.481 e. The molecule has 64 valence electrons. The second kappa shape index (κ2) is 4.05. The van der Waals surface area contributed by atoms with E-state index >= 15 is 0 Å². The first kappa shape index (κ1) is 10.1. The second-order valence-electron chi connectivity index (χ2n) is 2.32. The summed E-state index contributed by atoms with van der Waals surface area (Å²) in [4.78, 5) is 21.2. The van der Waals surface area contributed by atoms with Crippen molar-refractivity contribution in [3.05, 3.63) is 0 Å². The molecule has 0 amide bonds. The average Bonchev–Trinajstić information content (AvgIpc) is 1.88. The van der Waals surface area contributed by atoms with Gasteiger partial charge in [-0.25, -0.2) is 0 Å². The highest BCUT2D eigenvalue weighted by Crippen LogP contribution is 1.98. The lowest BCUT2D eigenvalue weighted by atomic mass is 10.00. The summed E-state index contributed by atoms with van der Waals surface area (Å²) in [6.07, 6.45) is 0. The Morgan fingerprint density at radius 2 is 2.00 bits per heavy atom. The second-order valence-corrected chi connectivity index (χ2v) is 2.32. The number of carboxylic acid groups (broad SMARTS) is 1. The van der Waals surface area contributed by atoms with E-state index in [0.29, 0.717) is 0 Å². The van der Waals surface area contributed by atoms with Crippen molar-refractivity contribution >= 4 is 11.8 Å². The first-order chi connectivity index (χ1) is 5.00. The molecule has 0 spiro atoms. The minimum absolute atomic E-state index is 0.199. The molecular formula is C6H12N2O3. The molecule has 5 heteroatoms. The van der Waals surface area contributed by atoms with E-state index < -0.39 is 23.7 Å². The van der Waals surface area contributed by atoms with E-state index in [0.717, 1.165) is 0 Å². The van der Waals surface area contributed by atoms with Crippen LogP contribution in [0.2, 0.25) is 0 Å². The Morgan fingerprint density at radius 3 is 2.09 bits per heavy atom. The summed E-state index contributed by atoms with van der Waals surface area (Å²) >= 11 is 0. The zero-order valence-corrected chi connectivity index (χ0v) is 6.28. The normalized spacial score (nSPS) is 15.5. The molecule has 0 fully saturated rings. The Bertz CT molecular complexity index is 167. The number of carbonyl (C=O) groups is 2. The molecule has 0 bridgehead atoms. The van der Waals surface area contributed by atoms with Crippen LogP contribution in [-0.2, 0) is 9.59 Å². The van der Waals surface area contributed by atoms with Crippen LogP contribution in [0, 0.1) is 5.92 Å². The molecule has 0 aliphatic heterocycles. The third-order valence-corrected chi connectivity index (χ3v) is 1.33. The van der Waals surface area contributed by atoms with Crippen LogP contribution in [0.3, 0.4) is 0 Å². The van der Waals surface area contributed by atoms with Gasteiger partial charge in [-0.2, -0.15) is 0 Å². The molecule has 0 saturated carbocycles. The van der Waals surface area contributed by atoms with Gasteiger partial charge in [-0.15, -0.1) is 0 Å². The van der Waals surface area contributed by atoms with E-state index in [-0.39, 0.29) is 6.54 Å². The number of rotatable bonds is 4. The smallest absolute Gasteiger partial charge is 0.315 e. The van der Waals surface area contributed by atoms with Gasteiger partial charge in [0.15, 0.2) is 5.78 Å². The predicted octanol–water partition coefficient (Wildman–Crippen LogP) is -1.44. The van der Waals surface area contributed by atoms with Gasteiger partial charge in [-0.05, 0) is 6.92 Å². The molecule has 0 aliphatic rings. The zero-order valence-electron chi connectivity index (χ0n) is 6.28. The molecule has 0 aromatic rings. The Hall–Kier alpha value is -0.940. The van der Waals surface area contributed by atoms with Gasteiger partial charge in [-0.1, -0.05) is 0 Å². The number of nitrogens with two attached hydrogens (primary N) is 2. The summed E-state index contributed by atoms with van der Waals surface area (Å²) in [5.41, 5.74) is 10.2. The van der Waals surface area contributed by atoms with Crippen molar-refractivity contribution < 1.29 is 14.7 Å². The third kappa shape index (κ3) is 2.65. The van der Waals surface area contributed by atoms with Gasteiger partial charge in [0.2, 0.25) is 0 Å². The molecule has 0 aromatic carbocycles. The molecule has 1 unspecified atom stereocenters. The van der Waals surface area contributed by atoms with Crippen LogP contribution in [0.4, 0.5) is 0 Å². The highest BCUT2D eigenvalue weighted by molar-refractivity contribution is 6.00. The van der Waals surface area contributed by atoms with Crippen LogP contribution in [0.15, 0.2) is 0 Å². The van der Waals surface area contributed by atoms with Gasteiger partial charge in [0.05, 0.1) is 6.04 Å². The minimum atomic E-state index is -1.21. The number of hydrogen-bond acceptors (Lipinski definition) is 4. The lowest BCUT2D eigenvalue weighted by Gasteiger charge is -2.10. The molecule has 0 saturated heterocycles. The van der Waals surface area contributed by atoms with Crippen molar-refractivity contribution in [3.8, 4) is 0 Å². The summed E-state index contributed by atoms with van der Waals surface area (Å²) < 4.78 is 0. The van der Waals surface area contributed by atoms with E-state index in [4.69, 9.17) is 16.6 Å². The van der Waals surface area contributed by atoms with Gasteiger partial charge < -0.3 is 16.6 Å². The highest BCUT2D eigenvalue weighted by atomic mass is 16.4. The molecule has 0 aromatic heterocycles.